The molecule has 0 bridgehead atoms. The van der Waals surface area contributed by atoms with Crippen molar-refractivity contribution in [2.24, 2.45) is 0 Å². The van der Waals surface area contributed by atoms with Gasteiger partial charge in [0.25, 0.3) is 0 Å². The van der Waals surface area contributed by atoms with E-state index in [1.54, 1.807) is 18.3 Å². The number of pyridine rings is 1. The Morgan fingerprint density at radius 2 is 1.32 bits per heavy atom. The molecule has 10 rings (SSSR count). The first-order chi connectivity index (χ1) is 26.5. The van der Waals surface area contributed by atoms with E-state index < -0.39 is 12.3 Å². The molecule has 0 N–H and O–H groups in total. The first-order valence-electron chi connectivity index (χ1n) is 19.2. The molecule has 0 aliphatic heterocycles. The topological polar surface area (TPSA) is 27.7 Å². The van der Waals surface area contributed by atoms with Gasteiger partial charge in [0, 0.05) is 60.1 Å². The van der Waals surface area contributed by atoms with Crippen molar-refractivity contribution in [1.29, 1.82) is 0 Å². The minimum atomic E-state index is -2.27. The van der Waals surface area contributed by atoms with E-state index in [4.69, 9.17) is 9.10 Å². The summed E-state index contributed by atoms with van der Waals surface area (Å²) < 4.78 is 31.1. The molecule has 0 unspecified atom stereocenters. The number of benzene rings is 6. The molecule has 1 aliphatic carbocycles. The van der Waals surface area contributed by atoms with Gasteiger partial charge in [0.2, 0.25) is 0 Å². The molecule has 3 heterocycles. The number of aromatic nitrogens is 4. The van der Waals surface area contributed by atoms with Gasteiger partial charge in [-0.05, 0) is 91.2 Å². The smallest absolute Gasteiger partial charge is 0.188 e. The van der Waals surface area contributed by atoms with Gasteiger partial charge < -0.3 is 4.57 Å². The zero-order valence-electron chi connectivity index (χ0n) is 32.5. The number of imidazole rings is 1. The van der Waals surface area contributed by atoms with Crippen LogP contribution >= 0.6 is 0 Å². The van der Waals surface area contributed by atoms with Crippen molar-refractivity contribution in [1.82, 2.24) is 18.7 Å². The molecule has 3 aromatic heterocycles. The molecular formula is C48H37N4Pt-. The van der Waals surface area contributed by atoms with Crippen LogP contribution in [0.5, 0.6) is 0 Å². The van der Waals surface area contributed by atoms with Crippen LogP contribution in [0, 0.1) is 19.0 Å². The normalized spacial score (nSPS) is 14.4. The molecule has 6 aromatic carbocycles. The summed E-state index contributed by atoms with van der Waals surface area (Å²) in [5, 5.41) is 2.06. The summed E-state index contributed by atoms with van der Waals surface area (Å²) in [5.41, 5.74) is 10.9. The van der Waals surface area contributed by atoms with Crippen LogP contribution in [0.2, 0.25) is 0 Å². The molecule has 0 saturated heterocycles. The number of rotatable bonds is 4. The first kappa shape index (κ1) is 29.9. The number of hydrogen-bond acceptors (Lipinski definition) is 1. The molecule has 0 fully saturated rings. The van der Waals surface area contributed by atoms with Crippen molar-refractivity contribution in [3.05, 3.63) is 192 Å². The fraction of sp³-hybridized carbons (Fsp3) is 0.125. The number of para-hydroxylation sites is 3. The summed E-state index contributed by atoms with van der Waals surface area (Å²) in [7, 11) is 0. The van der Waals surface area contributed by atoms with Crippen molar-refractivity contribution in [3.63, 3.8) is 0 Å². The minimum absolute atomic E-state index is 0. The van der Waals surface area contributed by atoms with E-state index in [1.165, 1.54) is 11.1 Å². The van der Waals surface area contributed by atoms with Crippen molar-refractivity contribution < 1.29 is 25.2 Å². The van der Waals surface area contributed by atoms with Crippen LogP contribution in [0.15, 0.2) is 152 Å². The first-order valence-corrected chi connectivity index (χ1v) is 17.7. The average molecular weight is 868 g/mol. The number of nitrogens with zero attached hydrogens (tertiary/aromatic N) is 4. The van der Waals surface area contributed by atoms with Crippen molar-refractivity contribution in [2.45, 2.75) is 38.6 Å². The molecule has 53 heavy (non-hydrogen) atoms. The van der Waals surface area contributed by atoms with E-state index in [0.717, 1.165) is 60.8 Å². The van der Waals surface area contributed by atoms with Crippen LogP contribution in [0.1, 0.15) is 52.7 Å². The largest absolute Gasteiger partial charge is 0.319 e. The Bertz CT molecular complexity index is 2940. The molecule has 0 radical (unpaired) electrons. The molecule has 9 aromatic rings. The molecule has 1 aliphatic rings. The average Bonchev–Trinajstić information content (AvgIpc) is 3.85. The predicted molar refractivity (Wildman–Crippen MR) is 213 cm³/mol. The van der Waals surface area contributed by atoms with E-state index in [9.17, 15) is 0 Å². The predicted octanol–water partition coefficient (Wildman–Crippen LogP) is 11.2. The molecule has 260 valence electrons. The third kappa shape index (κ3) is 4.85. The van der Waals surface area contributed by atoms with Crippen LogP contribution < -0.4 is 0 Å². The molecule has 0 saturated carbocycles. The Morgan fingerprint density at radius 1 is 0.660 bits per heavy atom. The quantitative estimate of drug-likeness (QED) is 0.162. The van der Waals surface area contributed by atoms with E-state index in [0.29, 0.717) is 5.82 Å². The Morgan fingerprint density at radius 3 is 2.06 bits per heavy atom. The summed E-state index contributed by atoms with van der Waals surface area (Å²) in [4.78, 5) is 4.74. The van der Waals surface area contributed by atoms with Crippen LogP contribution in [-0.4, -0.2) is 18.7 Å². The summed E-state index contributed by atoms with van der Waals surface area (Å²) >= 11 is 0. The van der Waals surface area contributed by atoms with Crippen LogP contribution in [0.4, 0.5) is 0 Å². The maximum atomic E-state index is 8.16. The van der Waals surface area contributed by atoms with E-state index in [1.807, 2.05) is 12.1 Å². The van der Waals surface area contributed by atoms with Gasteiger partial charge in [0.05, 0.1) is 5.54 Å². The Kier molecular flexibility index (Phi) is 6.92. The Balaban J connectivity index is 0.00000410. The van der Waals surface area contributed by atoms with Gasteiger partial charge >= 0.3 is 0 Å². The third-order valence-corrected chi connectivity index (χ3v) is 10.7. The molecule has 4 nitrogen and oxygen atoms in total. The molecule has 0 atom stereocenters. The second-order valence-corrected chi connectivity index (χ2v) is 14.7. The molecule has 0 amide bonds. The summed E-state index contributed by atoms with van der Waals surface area (Å²) in [5.74, 6) is 0.537. The van der Waals surface area contributed by atoms with Gasteiger partial charge in [-0.3, -0.25) is 0 Å². The SMILES string of the molecule is [2H]C([2H])([2H])c1ccnc(-n2c3[c-]c(C4(c5[c-]c(-n6[cH+]n(C(C)(C)C)c7ccccc76)ccc5)c5ccccc5-c5ccccc54)ccc3c3ccccc32)c1.[Pt]. The maximum absolute atomic E-state index is 8.16. The van der Waals surface area contributed by atoms with Crippen LogP contribution in [0.25, 0.3) is 55.5 Å². The van der Waals surface area contributed by atoms with Gasteiger partial charge in [-0.1, -0.05) is 78.3 Å². The van der Waals surface area contributed by atoms with Crippen LogP contribution in [0.3, 0.4) is 0 Å². The number of aryl methyl sites for hydroxylation is 1. The maximum Gasteiger partial charge on any atom is 0.188 e. The van der Waals surface area contributed by atoms with Gasteiger partial charge in [-0.15, -0.1) is 22.6 Å². The van der Waals surface area contributed by atoms with Crippen molar-refractivity contribution in [3.8, 4) is 22.6 Å². The van der Waals surface area contributed by atoms with Gasteiger partial charge in [0.15, 0.2) is 17.4 Å². The van der Waals surface area contributed by atoms with Gasteiger partial charge in [-0.2, -0.15) is 30.3 Å². The minimum Gasteiger partial charge on any atom is -0.319 e. The van der Waals surface area contributed by atoms with Gasteiger partial charge in [-0.25, -0.2) is 14.1 Å². The van der Waals surface area contributed by atoms with Crippen LogP contribution in [-0.2, 0) is 32.0 Å². The molecule has 5 heteroatoms. The fourth-order valence-electron chi connectivity index (χ4n) is 8.50. The number of hydrogen-bond donors (Lipinski definition) is 0. The Hall–Kier alpha value is -5.57. The van der Waals surface area contributed by atoms with E-state index >= 15 is 0 Å². The van der Waals surface area contributed by atoms with E-state index in [2.05, 4.69) is 168 Å². The monoisotopic (exact) mass is 867 g/mol. The zero-order valence-corrected chi connectivity index (χ0v) is 31.8. The molecular weight excluding hydrogens is 828 g/mol. The van der Waals surface area contributed by atoms with Crippen molar-refractivity contribution >= 4 is 32.8 Å². The summed E-state index contributed by atoms with van der Waals surface area (Å²) in [6.45, 7) is 4.41. The third-order valence-electron chi connectivity index (χ3n) is 10.7. The van der Waals surface area contributed by atoms with E-state index in [-0.39, 0.29) is 32.2 Å². The molecule has 0 spiro atoms. The zero-order chi connectivity index (χ0) is 37.7. The summed E-state index contributed by atoms with van der Waals surface area (Å²) in [6.07, 6.45) is 3.78. The standard InChI is InChI=1S/C48H37N4.Pt/c1-32-26-27-49-46(28-32)52-42-21-10-7-18-38(42)39-25-24-34(30-45(39)52)48(40-19-8-5-16-36(40)37-17-6-9-20-41(37)48)33-14-13-15-35(29-33)50-31-51(47(2,3)4)44-23-12-11-22-43(44)50;/h5-28,31H,1-4H3;/q-1;/i1D3;. The van der Waals surface area contributed by atoms with Gasteiger partial charge in [0.1, 0.15) is 5.82 Å². The fourth-order valence-corrected chi connectivity index (χ4v) is 8.50. The second kappa shape index (κ2) is 12.3. The summed E-state index contributed by atoms with van der Waals surface area (Å²) in [6, 6.07) is 56.2. The Labute approximate surface area is 328 Å². The van der Waals surface area contributed by atoms with Crippen molar-refractivity contribution in [2.75, 3.05) is 0 Å². The second-order valence-electron chi connectivity index (χ2n) is 14.7. The number of fused-ring (bicyclic) bond motifs is 7.